The highest BCUT2D eigenvalue weighted by molar-refractivity contribution is 5.79. The average molecular weight is 336 g/mol. The van der Waals surface area contributed by atoms with Crippen LogP contribution in [0.3, 0.4) is 0 Å². The van der Waals surface area contributed by atoms with Crippen molar-refractivity contribution in [1.29, 1.82) is 0 Å². The number of ether oxygens (including phenoxy) is 2. The third kappa shape index (κ3) is 4.28. The summed E-state index contributed by atoms with van der Waals surface area (Å²) in [6.45, 7) is 6.69. The summed E-state index contributed by atoms with van der Waals surface area (Å²) in [5.41, 5.74) is 8.80. The van der Waals surface area contributed by atoms with Gasteiger partial charge in [0.1, 0.15) is 11.5 Å². The maximum absolute atomic E-state index is 5.92. The lowest BCUT2D eigenvalue weighted by Crippen LogP contribution is -2.06. The van der Waals surface area contributed by atoms with E-state index >= 15 is 0 Å². The summed E-state index contributed by atoms with van der Waals surface area (Å²) in [4.78, 5) is 4.59. The Morgan fingerprint density at radius 2 is 1.88 bits per heavy atom. The van der Waals surface area contributed by atoms with Crippen molar-refractivity contribution >= 4 is 10.9 Å². The Bertz CT molecular complexity index is 875. The minimum Gasteiger partial charge on any atom is -0.491 e. The van der Waals surface area contributed by atoms with Gasteiger partial charge in [0.15, 0.2) is 0 Å². The largest absolute Gasteiger partial charge is 0.491 e. The highest BCUT2D eigenvalue weighted by atomic mass is 16.5. The Labute approximate surface area is 148 Å². The quantitative estimate of drug-likeness (QED) is 0.713. The Kier molecular flexibility index (Phi) is 5.19. The van der Waals surface area contributed by atoms with Crippen molar-refractivity contribution in [2.45, 2.75) is 33.3 Å². The summed E-state index contributed by atoms with van der Waals surface area (Å²) in [6.07, 6.45) is 1.02. The van der Waals surface area contributed by atoms with Gasteiger partial charge in [0, 0.05) is 11.5 Å². The van der Waals surface area contributed by atoms with E-state index in [1.165, 1.54) is 5.56 Å². The van der Waals surface area contributed by atoms with Gasteiger partial charge in [-0.2, -0.15) is 0 Å². The summed E-state index contributed by atoms with van der Waals surface area (Å²) in [5, 5.41) is 1.09. The molecule has 0 fully saturated rings. The summed E-state index contributed by atoms with van der Waals surface area (Å²) < 4.78 is 11.7. The van der Waals surface area contributed by atoms with Crippen molar-refractivity contribution in [1.82, 2.24) is 4.98 Å². The van der Waals surface area contributed by atoms with Gasteiger partial charge in [0.2, 0.25) is 5.88 Å². The van der Waals surface area contributed by atoms with Gasteiger partial charge in [-0.05, 0) is 81.3 Å². The van der Waals surface area contributed by atoms with Crippen molar-refractivity contribution in [3.8, 4) is 17.4 Å². The van der Waals surface area contributed by atoms with E-state index in [4.69, 9.17) is 15.2 Å². The fraction of sp³-hybridized carbons (Fsp3) is 0.286. The van der Waals surface area contributed by atoms with Gasteiger partial charge < -0.3 is 15.2 Å². The number of rotatable bonds is 6. The smallest absolute Gasteiger partial charge is 0.219 e. The van der Waals surface area contributed by atoms with Crippen LogP contribution in [-0.2, 0) is 6.42 Å². The summed E-state index contributed by atoms with van der Waals surface area (Å²) in [7, 11) is 0. The lowest BCUT2D eigenvalue weighted by atomic mass is 10.1. The topological polar surface area (TPSA) is 57.4 Å². The molecular weight excluding hydrogens is 312 g/mol. The molecule has 0 aliphatic carbocycles. The van der Waals surface area contributed by atoms with E-state index in [0.29, 0.717) is 12.4 Å². The molecule has 4 nitrogen and oxygen atoms in total. The van der Waals surface area contributed by atoms with Crippen LogP contribution in [0.25, 0.3) is 10.9 Å². The molecule has 0 aliphatic rings. The van der Waals surface area contributed by atoms with Gasteiger partial charge in [-0.25, -0.2) is 4.98 Å². The van der Waals surface area contributed by atoms with Crippen molar-refractivity contribution in [3.63, 3.8) is 0 Å². The zero-order valence-electron chi connectivity index (χ0n) is 15.0. The molecule has 0 amide bonds. The molecule has 130 valence electrons. The second-order valence-electron chi connectivity index (χ2n) is 6.41. The minimum atomic E-state index is 0.150. The number of nitrogens with zero attached hydrogens (tertiary/aromatic N) is 1. The molecule has 0 atom stereocenters. The van der Waals surface area contributed by atoms with Gasteiger partial charge in [-0.1, -0.05) is 6.07 Å². The number of pyridine rings is 1. The Hall–Kier alpha value is -2.59. The SMILES string of the molecule is Cc1cc(Oc2ccc3cc(CCN)ccc3n2)ccc1OC(C)C. The van der Waals surface area contributed by atoms with E-state index in [-0.39, 0.29) is 6.10 Å². The zero-order valence-corrected chi connectivity index (χ0v) is 15.0. The van der Waals surface area contributed by atoms with Crippen molar-refractivity contribution in [2.75, 3.05) is 6.54 Å². The molecule has 0 bridgehead atoms. The van der Waals surface area contributed by atoms with Crippen LogP contribution >= 0.6 is 0 Å². The van der Waals surface area contributed by atoms with Gasteiger partial charge in [-0.3, -0.25) is 0 Å². The van der Waals surface area contributed by atoms with Gasteiger partial charge in [0.05, 0.1) is 11.6 Å². The molecule has 2 N–H and O–H groups in total. The number of hydrogen-bond donors (Lipinski definition) is 1. The second kappa shape index (κ2) is 7.53. The molecule has 1 aromatic heterocycles. The van der Waals surface area contributed by atoms with Crippen LogP contribution in [-0.4, -0.2) is 17.6 Å². The first kappa shape index (κ1) is 17.2. The maximum Gasteiger partial charge on any atom is 0.219 e. The van der Waals surface area contributed by atoms with Crippen molar-refractivity contribution < 1.29 is 9.47 Å². The number of aryl methyl sites for hydroxylation is 1. The monoisotopic (exact) mass is 336 g/mol. The fourth-order valence-electron chi connectivity index (χ4n) is 2.73. The van der Waals surface area contributed by atoms with E-state index < -0.39 is 0 Å². The van der Waals surface area contributed by atoms with Crippen LogP contribution in [0.1, 0.15) is 25.0 Å². The zero-order chi connectivity index (χ0) is 17.8. The Morgan fingerprint density at radius 3 is 2.60 bits per heavy atom. The average Bonchev–Trinajstić information content (AvgIpc) is 2.57. The molecule has 3 rings (SSSR count). The van der Waals surface area contributed by atoms with Crippen LogP contribution in [0.5, 0.6) is 17.4 Å². The number of fused-ring (bicyclic) bond motifs is 1. The molecule has 0 saturated heterocycles. The first-order chi connectivity index (χ1) is 12.0. The van der Waals surface area contributed by atoms with Gasteiger partial charge in [-0.15, -0.1) is 0 Å². The molecule has 0 radical (unpaired) electrons. The van der Waals surface area contributed by atoms with E-state index in [0.717, 1.165) is 34.4 Å². The van der Waals surface area contributed by atoms with Crippen LogP contribution in [0.15, 0.2) is 48.5 Å². The van der Waals surface area contributed by atoms with E-state index in [1.54, 1.807) is 0 Å². The van der Waals surface area contributed by atoms with Crippen LogP contribution in [0.4, 0.5) is 0 Å². The molecule has 3 aromatic rings. The lowest BCUT2D eigenvalue weighted by Gasteiger charge is -2.13. The highest BCUT2D eigenvalue weighted by Gasteiger charge is 2.06. The minimum absolute atomic E-state index is 0.150. The van der Waals surface area contributed by atoms with E-state index in [1.807, 2.05) is 57.2 Å². The molecule has 0 aliphatic heterocycles. The number of benzene rings is 2. The summed E-state index contributed by atoms with van der Waals surface area (Å²) in [6, 6.07) is 15.9. The molecule has 25 heavy (non-hydrogen) atoms. The van der Waals surface area contributed by atoms with Crippen LogP contribution < -0.4 is 15.2 Å². The number of aromatic nitrogens is 1. The molecule has 2 aromatic carbocycles. The number of nitrogens with two attached hydrogens (primary N) is 1. The Morgan fingerprint density at radius 1 is 1.04 bits per heavy atom. The number of hydrogen-bond acceptors (Lipinski definition) is 4. The molecule has 1 heterocycles. The van der Waals surface area contributed by atoms with Gasteiger partial charge in [0.25, 0.3) is 0 Å². The summed E-state index contributed by atoms with van der Waals surface area (Å²) >= 11 is 0. The third-order valence-corrected chi connectivity index (χ3v) is 3.89. The fourth-order valence-corrected chi connectivity index (χ4v) is 2.73. The predicted octanol–water partition coefficient (Wildman–Crippen LogP) is 4.62. The summed E-state index contributed by atoms with van der Waals surface area (Å²) in [5.74, 6) is 2.21. The predicted molar refractivity (Wildman–Crippen MR) is 102 cm³/mol. The normalized spacial score (nSPS) is 11.1. The molecule has 0 saturated carbocycles. The third-order valence-electron chi connectivity index (χ3n) is 3.89. The standard InChI is InChI=1S/C21H24N2O2/c1-14(2)24-20-8-6-18(12-15(20)3)25-21-9-5-17-13-16(10-11-22)4-7-19(17)23-21/h4-9,12-14H,10-11,22H2,1-3H3. The van der Waals surface area contributed by atoms with Gasteiger partial charge >= 0.3 is 0 Å². The lowest BCUT2D eigenvalue weighted by molar-refractivity contribution is 0.240. The van der Waals surface area contributed by atoms with Crippen LogP contribution in [0, 0.1) is 6.92 Å². The van der Waals surface area contributed by atoms with Crippen LogP contribution in [0.2, 0.25) is 0 Å². The first-order valence-corrected chi connectivity index (χ1v) is 8.60. The van der Waals surface area contributed by atoms with E-state index in [9.17, 15) is 0 Å². The molecule has 0 unspecified atom stereocenters. The van der Waals surface area contributed by atoms with E-state index in [2.05, 4.69) is 17.1 Å². The maximum atomic E-state index is 5.92. The van der Waals surface area contributed by atoms with Crippen molar-refractivity contribution in [2.24, 2.45) is 5.73 Å². The molecule has 4 heteroatoms. The first-order valence-electron chi connectivity index (χ1n) is 8.60. The van der Waals surface area contributed by atoms with Crippen molar-refractivity contribution in [3.05, 3.63) is 59.7 Å². The molecular formula is C21H24N2O2. The highest BCUT2D eigenvalue weighted by Crippen LogP contribution is 2.28. The second-order valence-corrected chi connectivity index (χ2v) is 6.41. The Balaban J connectivity index is 1.80. The molecule has 0 spiro atoms.